The molecule has 12 nitrogen and oxygen atoms in total. The Balaban J connectivity index is 1.84. The predicted molar refractivity (Wildman–Crippen MR) is 161 cm³/mol. The molecule has 3 aromatic rings. The number of fused-ring (bicyclic) bond motifs is 1. The SMILES string of the molecule is [C-]#[N+]c1c(C(=O)OC2C(C)CC(C)CC2C)c2nc(-c3ccc(C)cc3)[nH]n2c1C(=O)N(COC(=O)CC)CC(=O)OCC. The summed E-state index contributed by atoms with van der Waals surface area (Å²) in [6.45, 7) is 18.4. The van der Waals surface area contributed by atoms with Crippen LogP contribution in [-0.2, 0) is 23.8 Å². The zero-order valence-electron chi connectivity index (χ0n) is 26.0. The summed E-state index contributed by atoms with van der Waals surface area (Å²) in [5.74, 6) is -1.87. The van der Waals surface area contributed by atoms with Crippen LogP contribution in [0.5, 0.6) is 0 Å². The minimum Gasteiger partial charge on any atom is -0.465 e. The number of hydrogen-bond acceptors (Lipinski definition) is 8. The van der Waals surface area contributed by atoms with Gasteiger partial charge in [-0.05, 0) is 44.4 Å². The summed E-state index contributed by atoms with van der Waals surface area (Å²) < 4.78 is 17.5. The monoisotopic (exact) mass is 605 g/mol. The number of carbonyl (C=O) groups is 4. The number of hydrogen-bond donors (Lipinski definition) is 1. The molecule has 0 aliphatic heterocycles. The summed E-state index contributed by atoms with van der Waals surface area (Å²) in [5.41, 5.74) is 1.06. The number of H-pyrrole nitrogens is 1. The number of aromatic nitrogens is 3. The van der Waals surface area contributed by atoms with E-state index in [1.54, 1.807) is 13.8 Å². The molecule has 234 valence electrons. The van der Waals surface area contributed by atoms with E-state index in [0.717, 1.165) is 23.3 Å². The molecule has 1 aromatic carbocycles. The van der Waals surface area contributed by atoms with E-state index in [1.807, 2.05) is 45.0 Å². The number of aromatic amines is 1. The summed E-state index contributed by atoms with van der Waals surface area (Å²) >= 11 is 0. The highest BCUT2D eigenvalue weighted by Gasteiger charge is 2.38. The quantitative estimate of drug-likeness (QED) is 0.142. The van der Waals surface area contributed by atoms with Gasteiger partial charge < -0.3 is 14.2 Å². The number of nitrogens with zero attached hydrogens (tertiary/aromatic N) is 4. The van der Waals surface area contributed by atoms with E-state index in [-0.39, 0.29) is 53.6 Å². The lowest BCUT2D eigenvalue weighted by atomic mass is 9.75. The fourth-order valence-corrected chi connectivity index (χ4v) is 5.88. The van der Waals surface area contributed by atoms with Crippen LogP contribution in [0.3, 0.4) is 0 Å². The van der Waals surface area contributed by atoms with Crippen LogP contribution in [0.15, 0.2) is 24.3 Å². The summed E-state index contributed by atoms with van der Waals surface area (Å²) in [6.07, 6.45) is 1.46. The van der Waals surface area contributed by atoms with Crippen LogP contribution in [0.2, 0.25) is 0 Å². The van der Waals surface area contributed by atoms with Crippen LogP contribution < -0.4 is 0 Å². The van der Waals surface area contributed by atoms with Gasteiger partial charge in [0.2, 0.25) is 5.69 Å². The molecule has 0 spiro atoms. The van der Waals surface area contributed by atoms with Crippen molar-refractivity contribution >= 4 is 35.1 Å². The molecular weight excluding hydrogens is 566 g/mol. The van der Waals surface area contributed by atoms with Crippen molar-refractivity contribution in [2.75, 3.05) is 19.9 Å². The van der Waals surface area contributed by atoms with E-state index in [9.17, 15) is 19.2 Å². The van der Waals surface area contributed by atoms with Gasteiger partial charge >= 0.3 is 17.9 Å². The van der Waals surface area contributed by atoms with Gasteiger partial charge in [-0.2, -0.15) is 0 Å². The lowest BCUT2D eigenvalue weighted by Crippen LogP contribution is -2.39. The zero-order chi connectivity index (χ0) is 32.1. The van der Waals surface area contributed by atoms with Gasteiger partial charge in [0.15, 0.2) is 18.2 Å². The second kappa shape index (κ2) is 13.8. The maximum absolute atomic E-state index is 14.1. The fraction of sp³-hybridized carbons (Fsp3) is 0.500. The fourth-order valence-electron chi connectivity index (χ4n) is 5.88. The van der Waals surface area contributed by atoms with E-state index >= 15 is 0 Å². The molecule has 2 unspecified atom stereocenters. The van der Waals surface area contributed by atoms with Crippen molar-refractivity contribution in [1.29, 1.82) is 0 Å². The first kappa shape index (κ1) is 32.3. The van der Waals surface area contributed by atoms with E-state index < -0.39 is 37.1 Å². The van der Waals surface area contributed by atoms with Crippen LogP contribution in [0.1, 0.15) is 80.3 Å². The highest BCUT2D eigenvalue weighted by molar-refractivity contribution is 6.11. The summed E-state index contributed by atoms with van der Waals surface area (Å²) in [5, 5.41) is 3.05. The van der Waals surface area contributed by atoms with E-state index in [2.05, 4.69) is 21.9 Å². The molecule has 44 heavy (non-hydrogen) atoms. The molecule has 1 fully saturated rings. The van der Waals surface area contributed by atoms with Crippen LogP contribution in [0.4, 0.5) is 5.69 Å². The first-order valence-corrected chi connectivity index (χ1v) is 14.9. The Labute approximate surface area is 256 Å². The number of esters is 3. The number of carbonyl (C=O) groups excluding carboxylic acids is 4. The number of aryl methyl sites for hydroxylation is 1. The van der Waals surface area contributed by atoms with Gasteiger partial charge in [0, 0.05) is 12.0 Å². The lowest BCUT2D eigenvalue weighted by Gasteiger charge is -2.37. The summed E-state index contributed by atoms with van der Waals surface area (Å²) in [7, 11) is 0. The lowest BCUT2D eigenvalue weighted by molar-refractivity contribution is -0.152. The first-order chi connectivity index (χ1) is 21.0. The number of benzene rings is 1. The molecular formula is C32H39N5O7. The minimum atomic E-state index is -0.839. The van der Waals surface area contributed by atoms with Crippen LogP contribution in [0, 0.1) is 31.2 Å². The normalized spacial score (nSPS) is 19.7. The molecule has 1 aliphatic rings. The molecule has 1 aliphatic carbocycles. The van der Waals surface area contributed by atoms with Gasteiger partial charge in [0.25, 0.3) is 5.91 Å². The number of nitrogens with one attached hydrogen (secondary N) is 1. The van der Waals surface area contributed by atoms with Crippen molar-refractivity contribution in [2.45, 2.75) is 66.9 Å². The zero-order valence-corrected chi connectivity index (χ0v) is 26.0. The van der Waals surface area contributed by atoms with Crippen molar-refractivity contribution in [3.05, 3.63) is 52.5 Å². The van der Waals surface area contributed by atoms with Crippen molar-refractivity contribution in [1.82, 2.24) is 19.5 Å². The highest BCUT2D eigenvalue weighted by atomic mass is 16.6. The van der Waals surface area contributed by atoms with Gasteiger partial charge in [0.05, 0.1) is 13.2 Å². The van der Waals surface area contributed by atoms with Gasteiger partial charge in [0.1, 0.15) is 23.9 Å². The third-order valence-electron chi connectivity index (χ3n) is 7.89. The van der Waals surface area contributed by atoms with E-state index in [0.29, 0.717) is 17.3 Å². The molecule has 0 saturated heterocycles. The molecule has 2 atom stereocenters. The third kappa shape index (κ3) is 6.77. The molecule has 0 radical (unpaired) electrons. The van der Waals surface area contributed by atoms with Crippen molar-refractivity contribution < 1.29 is 33.4 Å². The minimum absolute atomic E-state index is 0.0334. The number of ether oxygens (including phenoxy) is 3. The Hall–Kier alpha value is -4.66. The first-order valence-electron chi connectivity index (χ1n) is 14.9. The Morgan fingerprint density at radius 2 is 1.70 bits per heavy atom. The van der Waals surface area contributed by atoms with Crippen LogP contribution in [0.25, 0.3) is 21.9 Å². The second-order valence-corrected chi connectivity index (χ2v) is 11.5. The average molecular weight is 606 g/mol. The molecule has 1 N–H and O–H groups in total. The number of amides is 1. The van der Waals surface area contributed by atoms with Gasteiger partial charge in [-0.1, -0.05) is 57.5 Å². The maximum atomic E-state index is 14.1. The second-order valence-electron chi connectivity index (χ2n) is 11.5. The third-order valence-corrected chi connectivity index (χ3v) is 7.89. The van der Waals surface area contributed by atoms with Gasteiger partial charge in [-0.25, -0.2) is 19.1 Å². The topological polar surface area (TPSA) is 137 Å². The van der Waals surface area contributed by atoms with Crippen molar-refractivity contribution in [2.24, 2.45) is 17.8 Å². The Kier molecular flexibility index (Phi) is 10.1. The molecule has 4 rings (SSSR count). The summed E-state index contributed by atoms with van der Waals surface area (Å²) in [4.78, 5) is 61.6. The van der Waals surface area contributed by atoms with Crippen molar-refractivity contribution in [3.63, 3.8) is 0 Å². The molecule has 2 heterocycles. The van der Waals surface area contributed by atoms with E-state index in [4.69, 9.17) is 20.8 Å². The molecule has 1 amide bonds. The molecule has 2 aromatic heterocycles. The van der Waals surface area contributed by atoms with Gasteiger partial charge in [-0.15, -0.1) is 0 Å². The maximum Gasteiger partial charge on any atom is 0.331 e. The van der Waals surface area contributed by atoms with E-state index in [1.165, 1.54) is 4.52 Å². The Morgan fingerprint density at radius 1 is 1.05 bits per heavy atom. The molecule has 0 bridgehead atoms. The largest absolute Gasteiger partial charge is 0.465 e. The number of rotatable bonds is 10. The average Bonchev–Trinajstić information content (AvgIpc) is 3.53. The van der Waals surface area contributed by atoms with Crippen LogP contribution >= 0.6 is 0 Å². The van der Waals surface area contributed by atoms with Gasteiger partial charge in [-0.3, -0.25) is 24.4 Å². The Morgan fingerprint density at radius 3 is 2.30 bits per heavy atom. The molecule has 1 saturated carbocycles. The standard InChI is InChI=1S/C32H39N5O7/c1-8-23(38)43-17-36(16-24(39)42-9-2)31(40)27-26(33-7)25(32(41)44-28-20(5)14-19(4)15-21(28)6)30-34-29(35-37(27)30)22-12-10-18(3)11-13-22/h10-13,19-21,28H,8-9,14-17H2,1-6H3,(H,34,35). The van der Waals surface area contributed by atoms with Crippen molar-refractivity contribution in [3.8, 4) is 11.4 Å². The molecule has 12 heteroatoms. The predicted octanol–water partition coefficient (Wildman–Crippen LogP) is 5.33. The Bertz CT molecular complexity index is 1570. The highest BCUT2D eigenvalue weighted by Crippen LogP contribution is 2.38. The summed E-state index contributed by atoms with van der Waals surface area (Å²) in [6, 6.07) is 7.48. The van der Waals surface area contributed by atoms with Crippen LogP contribution in [-0.4, -0.2) is 69.3 Å². The smallest absolute Gasteiger partial charge is 0.331 e.